The van der Waals surface area contributed by atoms with Gasteiger partial charge in [0.1, 0.15) is 0 Å². The van der Waals surface area contributed by atoms with Crippen LogP contribution < -0.4 is 25.3 Å². The molecule has 0 atom stereocenters. The van der Waals surface area contributed by atoms with Crippen LogP contribution in [0.1, 0.15) is 51.0 Å². The van der Waals surface area contributed by atoms with Crippen LogP contribution in [-0.4, -0.2) is 33.8 Å². The molecule has 0 heterocycles. The highest BCUT2D eigenvalue weighted by atomic mass is 16.5. The fourth-order valence-corrected chi connectivity index (χ4v) is 2.58. The molecule has 0 saturated carbocycles. The van der Waals surface area contributed by atoms with Gasteiger partial charge >= 0.3 is 0 Å². The summed E-state index contributed by atoms with van der Waals surface area (Å²) < 4.78 is 16.0. The molecule has 0 saturated heterocycles. The number of hydrogen-bond donors (Lipinski definition) is 2. The number of aliphatic imine (C=N–C) groups is 1. The van der Waals surface area contributed by atoms with Crippen LogP contribution >= 0.6 is 0 Å². The highest BCUT2D eigenvalue weighted by Crippen LogP contribution is 2.38. The van der Waals surface area contributed by atoms with Crippen molar-refractivity contribution < 1.29 is 14.2 Å². The van der Waals surface area contributed by atoms with E-state index in [1.54, 1.807) is 21.3 Å². The summed E-state index contributed by atoms with van der Waals surface area (Å²) in [6, 6.07) is 3.76. The van der Waals surface area contributed by atoms with E-state index in [1.165, 1.54) is 32.1 Å². The van der Waals surface area contributed by atoms with E-state index in [-0.39, 0.29) is 0 Å². The molecule has 0 aliphatic rings. The summed E-state index contributed by atoms with van der Waals surface area (Å²) >= 11 is 0. The van der Waals surface area contributed by atoms with Gasteiger partial charge in [-0.15, -0.1) is 0 Å². The first-order chi connectivity index (χ1) is 12.2. The van der Waals surface area contributed by atoms with Crippen LogP contribution in [-0.2, 0) is 6.54 Å². The summed E-state index contributed by atoms with van der Waals surface area (Å²) in [4.78, 5) is 4.38. The number of unbranched alkanes of at least 4 members (excludes halogenated alkanes) is 5. The van der Waals surface area contributed by atoms with Crippen molar-refractivity contribution in [3.8, 4) is 17.2 Å². The molecule has 6 nitrogen and oxygen atoms in total. The fourth-order valence-electron chi connectivity index (χ4n) is 2.58. The molecule has 0 radical (unpaired) electrons. The fraction of sp³-hybridized carbons (Fsp3) is 0.632. The molecule has 1 aromatic rings. The lowest BCUT2D eigenvalue weighted by Gasteiger charge is -2.13. The Morgan fingerprint density at radius 3 is 2.12 bits per heavy atom. The largest absolute Gasteiger partial charge is 0.493 e. The third-order valence-corrected chi connectivity index (χ3v) is 3.99. The van der Waals surface area contributed by atoms with E-state index in [0.29, 0.717) is 29.8 Å². The van der Waals surface area contributed by atoms with E-state index in [4.69, 9.17) is 19.9 Å². The lowest BCUT2D eigenvalue weighted by atomic mass is 10.1. The summed E-state index contributed by atoms with van der Waals surface area (Å²) in [7, 11) is 4.78. The van der Waals surface area contributed by atoms with Crippen molar-refractivity contribution in [1.29, 1.82) is 0 Å². The van der Waals surface area contributed by atoms with Gasteiger partial charge in [0.25, 0.3) is 0 Å². The van der Waals surface area contributed by atoms with Crippen molar-refractivity contribution in [2.75, 3.05) is 27.9 Å². The van der Waals surface area contributed by atoms with Gasteiger partial charge < -0.3 is 25.3 Å². The van der Waals surface area contributed by atoms with Gasteiger partial charge in [-0.3, -0.25) is 0 Å². The Morgan fingerprint density at radius 2 is 1.56 bits per heavy atom. The lowest BCUT2D eigenvalue weighted by Crippen LogP contribution is -2.32. The van der Waals surface area contributed by atoms with E-state index in [2.05, 4.69) is 17.2 Å². The van der Waals surface area contributed by atoms with Gasteiger partial charge in [-0.05, 0) is 24.1 Å². The zero-order valence-corrected chi connectivity index (χ0v) is 16.1. The summed E-state index contributed by atoms with van der Waals surface area (Å²) in [5.74, 6) is 2.27. The summed E-state index contributed by atoms with van der Waals surface area (Å²) in [5, 5.41) is 3.16. The molecular formula is C19H33N3O3. The third-order valence-electron chi connectivity index (χ3n) is 3.99. The van der Waals surface area contributed by atoms with Crippen LogP contribution in [0, 0.1) is 0 Å². The molecule has 0 unspecified atom stereocenters. The zero-order chi connectivity index (χ0) is 18.5. The predicted molar refractivity (Wildman–Crippen MR) is 103 cm³/mol. The molecule has 25 heavy (non-hydrogen) atoms. The van der Waals surface area contributed by atoms with Crippen molar-refractivity contribution in [1.82, 2.24) is 5.32 Å². The second-order valence-corrected chi connectivity index (χ2v) is 5.93. The first-order valence-corrected chi connectivity index (χ1v) is 8.98. The second kappa shape index (κ2) is 12.3. The maximum atomic E-state index is 5.93. The molecule has 0 fully saturated rings. The van der Waals surface area contributed by atoms with Crippen molar-refractivity contribution in [3.05, 3.63) is 17.7 Å². The van der Waals surface area contributed by atoms with Gasteiger partial charge in [-0.25, -0.2) is 4.99 Å². The Labute approximate surface area is 151 Å². The van der Waals surface area contributed by atoms with Gasteiger partial charge in [0.2, 0.25) is 5.75 Å². The minimum Gasteiger partial charge on any atom is -0.493 e. The van der Waals surface area contributed by atoms with E-state index in [0.717, 1.165) is 18.5 Å². The number of nitrogens with zero attached hydrogens (tertiary/aromatic N) is 1. The standard InChI is InChI=1S/C19H33N3O3/c1-5-6-7-8-9-10-11-21-19(20)22-14-15-12-16(23-2)18(25-4)17(13-15)24-3/h12-13H,5-11,14H2,1-4H3,(H3,20,21,22). The van der Waals surface area contributed by atoms with E-state index >= 15 is 0 Å². The normalized spacial score (nSPS) is 11.3. The molecule has 0 bridgehead atoms. The first kappa shape index (κ1) is 20.9. The van der Waals surface area contributed by atoms with Crippen molar-refractivity contribution in [2.45, 2.75) is 52.0 Å². The van der Waals surface area contributed by atoms with E-state index in [9.17, 15) is 0 Å². The van der Waals surface area contributed by atoms with Crippen LogP contribution in [0.4, 0.5) is 0 Å². The Morgan fingerprint density at radius 1 is 0.960 bits per heavy atom. The van der Waals surface area contributed by atoms with Gasteiger partial charge in [-0.1, -0.05) is 39.0 Å². The maximum absolute atomic E-state index is 5.93. The Bertz CT molecular complexity index is 508. The van der Waals surface area contributed by atoms with Gasteiger partial charge in [0.05, 0.1) is 27.9 Å². The first-order valence-electron chi connectivity index (χ1n) is 8.98. The van der Waals surface area contributed by atoms with E-state index < -0.39 is 0 Å². The number of nitrogens with one attached hydrogen (secondary N) is 1. The van der Waals surface area contributed by atoms with Gasteiger partial charge in [-0.2, -0.15) is 0 Å². The third kappa shape index (κ3) is 7.54. The van der Waals surface area contributed by atoms with Crippen LogP contribution in [0.5, 0.6) is 17.2 Å². The summed E-state index contributed by atoms with van der Waals surface area (Å²) in [6.07, 6.45) is 7.56. The van der Waals surface area contributed by atoms with Crippen molar-refractivity contribution in [3.63, 3.8) is 0 Å². The topological polar surface area (TPSA) is 78.1 Å². The highest BCUT2D eigenvalue weighted by molar-refractivity contribution is 5.77. The van der Waals surface area contributed by atoms with Gasteiger partial charge in [0.15, 0.2) is 17.5 Å². The minimum atomic E-state index is 0.450. The Balaban J connectivity index is 2.48. The molecule has 1 aromatic carbocycles. The van der Waals surface area contributed by atoms with Crippen molar-refractivity contribution >= 4 is 5.96 Å². The van der Waals surface area contributed by atoms with Crippen LogP contribution in [0.25, 0.3) is 0 Å². The molecule has 6 heteroatoms. The summed E-state index contributed by atoms with van der Waals surface area (Å²) in [5.41, 5.74) is 6.88. The zero-order valence-electron chi connectivity index (χ0n) is 16.1. The lowest BCUT2D eigenvalue weighted by molar-refractivity contribution is 0.324. The average molecular weight is 351 g/mol. The minimum absolute atomic E-state index is 0.450. The SMILES string of the molecule is CCCCCCCCNC(N)=NCc1cc(OC)c(OC)c(OC)c1. The van der Waals surface area contributed by atoms with Crippen molar-refractivity contribution in [2.24, 2.45) is 10.7 Å². The second-order valence-electron chi connectivity index (χ2n) is 5.93. The highest BCUT2D eigenvalue weighted by Gasteiger charge is 2.12. The number of rotatable bonds is 12. The van der Waals surface area contributed by atoms with Crippen LogP contribution in [0.15, 0.2) is 17.1 Å². The molecule has 1 rings (SSSR count). The molecule has 0 aliphatic carbocycles. The predicted octanol–water partition coefficient (Wildman–Crippen LogP) is 3.48. The summed E-state index contributed by atoms with van der Waals surface area (Å²) in [6.45, 7) is 3.54. The average Bonchev–Trinajstić information content (AvgIpc) is 2.64. The number of guanidine groups is 1. The molecule has 0 aliphatic heterocycles. The molecule has 142 valence electrons. The monoisotopic (exact) mass is 351 g/mol. The number of methoxy groups -OCH3 is 3. The molecule has 0 spiro atoms. The van der Waals surface area contributed by atoms with Crippen LogP contribution in [0.2, 0.25) is 0 Å². The number of benzene rings is 1. The molecule has 0 amide bonds. The molecular weight excluding hydrogens is 318 g/mol. The smallest absolute Gasteiger partial charge is 0.203 e. The Kier molecular flexibility index (Phi) is 10.3. The quantitative estimate of drug-likeness (QED) is 0.342. The maximum Gasteiger partial charge on any atom is 0.203 e. The number of nitrogens with two attached hydrogens (primary N) is 1. The Hall–Kier alpha value is -2.11. The van der Waals surface area contributed by atoms with Crippen LogP contribution in [0.3, 0.4) is 0 Å². The molecule has 0 aromatic heterocycles. The molecule has 3 N–H and O–H groups in total. The van der Waals surface area contributed by atoms with Gasteiger partial charge in [0, 0.05) is 6.54 Å². The number of ether oxygens (including phenoxy) is 3. The van der Waals surface area contributed by atoms with E-state index in [1.807, 2.05) is 12.1 Å². The number of hydrogen-bond acceptors (Lipinski definition) is 4.